The van der Waals surface area contributed by atoms with Gasteiger partial charge in [-0.15, -0.1) is 0 Å². The molecule has 0 bridgehead atoms. The van der Waals surface area contributed by atoms with Crippen LogP contribution in [-0.4, -0.2) is 32.8 Å². The van der Waals surface area contributed by atoms with Crippen molar-refractivity contribution in [2.75, 3.05) is 32.1 Å². The van der Waals surface area contributed by atoms with E-state index >= 15 is 0 Å². The Balaban J connectivity index is 2.64. The number of methoxy groups -OCH3 is 1. The third-order valence-electron chi connectivity index (χ3n) is 3.26. The largest absolute Gasteiger partial charge is 0.497 e. The van der Waals surface area contributed by atoms with Crippen LogP contribution in [0.2, 0.25) is 0 Å². The van der Waals surface area contributed by atoms with E-state index in [0.717, 1.165) is 30.9 Å². The van der Waals surface area contributed by atoms with Gasteiger partial charge in [-0.1, -0.05) is 13.0 Å². The minimum Gasteiger partial charge on any atom is -0.497 e. The highest BCUT2D eigenvalue weighted by atomic mass is 16.5. The smallest absolute Gasteiger partial charge is 0.120 e. The zero-order valence-corrected chi connectivity index (χ0v) is 12.2. The van der Waals surface area contributed by atoms with Crippen molar-refractivity contribution in [3.63, 3.8) is 0 Å². The van der Waals surface area contributed by atoms with Crippen LogP contribution < -0.4 is 15.0 Å². The second-order valence-electron chi connectivity index (χ2n) is 4.85. The van der Waals surface area contributed by atoms with Gasteiger partial charge in [0.15, 0.2) is 0 Å². The van der Waals surface area contributed by atoms with Gasteiger partial charge in [-0.25, -0.2) is 0 Å². The summed E-state index contributed by atoms with van der Waals surface area (Å²) in [6.45, 7) is 5.56. The Kier molecular flexibility index (Phi) is 5.65. The molecule has 4 heteroatoms. The average Bonchev–Trinajstić information content (AvgIpc) is 2.45. The van der Waals surface area contributed by atoms with Crippen molar-refractivity contribution in [3.05, 3.63) is 24.3 Å². The molecule has 1 rings (SSSR count). The highest BCUT2D eigenvalue weighted by Gasteiger charge is 2.22. The molecule has 1 atom stereocenters. The molecule has 0 heterocycles. The molecule has 0 aliphatic rings. The summed E-state index contributed by atoms with van der Waals surface area (Å²) in [4.78, 5) is 2.13. The lowest BCUT2D eigenvalue weighted by atomic mass is 9.99. The third kappa shape index (κ3) is 4.46. The van der Waals surface area contributed by atoms with Crippen molar-refractivity contribution >= 4 is 5.69 Å². The minimum absolute atomic E-state index is 0.470. The molecule has 0 aromatic heterocycles. The standard InChI is InChI=1S/C15H23N3O/c1-5-17-15(2,12-16)9-10-18(3)13-7-6-8-14(11-13)19-4/h6-8,11,17H,5,9-10H2,1-4H3. The first-order valence-electron chi connectivity index (χ1n) is 6.56. The molecule has 1 aromatic rings. The molecule has 0 saturated carbocycles. The van der Waals surface area contributed by atoms with E-state index in [1.54, 1.807) is 7.11 Å². The van der Waals surface area contributed by atoms with Crippen molar-refractivity contribution in [1.29, 1.82) is 5.26 Å². The number of nitriles is 1. The quantitative estimate of drug-likeness (QED) is 0.819. The molecule has 4 nitrogen and oxygen atoms in total. The van der Waals surface area contributed by atoms with Crippen molar-refractivity contribution in [3.8, 4) is 11.8 Å². The van der Waals surface area contributed by atoms with Crippen LogP contribution >= 0.6 is 0 Å². The molecule has 0 aliphatic heterocycles. The van der Waals surface area contributed by atoms with Gasteiger partial charge in [0.25, 0.3) is 0 Å². The second kappa shape index (κ2) is 7.01. The summed E-state index contributed by atoms with van der Waals surface area (Å²) in [5.74, 6) is 0.846. The maximum Gasteiger partial charge on any atom is 0.120 e. The summed E-state index contributed by atoms with van der Waals surface area (Å²) < 4.78 is 5.22. The Hall–Kier alpha value is -1.73. The van der Waals surface area contributed by atoms with E-state index in [0.29, 0.717) is 0 Å². The van der Waals surface area contributed by atoms with E-state index in [2.05, 4.69) is 16.3 Å². The van der Waals surface area contributed by atoms with Crippen molar-refractivity contribution in [1.82, 2.24) is 5.32 Å². The first kappa shape index (κ1) is 15.3. The van der Waals surface area contributed by atoms with E-state index < -0.39 is 5.54 Å². The number of anilines is 1. The highest BCUT2D eigenvalue weighted by Crippen LogP contribution is 2.21. The van der Waals surface area contributed by atoms with E-state index in [1.165, 1.54) is 0 Å². The fraction of sp³-hybridized carbons (Fsp3) is 0.533. The highest BCUT2D eigenvalue weighted by molar-refractivity contribution is 5.50. The normalized spacial score (nSPS) is 13.4. The summed E-state index contributed by atoms with van der Waals surface area (Å²) >= 11 is 0. The van der Waals surface area contributed by atoms with Crippen LogP contribution in [0, 0.1) is 11.3 Å². The van der Waals surface area contributed by atoms with Crippen LogP contribution in [-0.2, 0) is 0 Å². The third-order valence-corrected chi connectivity index (χ3v) is 3.26. The Morgan fingerprint density at radius 2 is 2.21 bits per heavy atom. The van der Waals surface area contributed by atoms with Gasteiger partial charge in [0.05, 0.1) is 13.2 Å². The van der Waals surface area contributed by atoms with Gasteiger partial charge in [0.1, 0.15) is 11.3 Å². The van der Waals surface area contributed by atoms with Gasteiger partial charge in [0.2, 0.25) is 0 Å². The van der Waals surface area contributed by atoms with E-state index in [-0.39, 0.29) is 0 Å². The summed E-state index contributed by atoms with van der Waals surface area (Å²) in [5, 5.41) is 12.5. The summed E-state index contributed by atoms with van der Waals surface area (Å²) in [5.41, 5.74) is 0.623. The lowest BCUT2D eigenvalue weighted by Gasteiger charge is -2.27. The Morgan fingerprint density at radius 1 is 1.47 bits per heavy atom. The molecule has 1 unspecified atom stereocenters. The molecular formula is C15H23N3O. The topological polar surface area (TPSA) is 48.3 Å². The number of nitrogens with one attached hydrogen (secondary N) is 1. The minimum atomic E-state index is -0.470. The number of benzene rings is 1. The Morgan fingerprint density at radius 3 is 2.79 bits per heavy atom. The first-order chi connectivity index (χ1) is 9.04. The molecule has 19 heavy (non-hydrogen) atoms. The van der Waals surface area contributed by atoms with Gasteiger partial charge < -0.3 is 9.64 Å². The monoisotopic (exact) mass is 261 g/mol. The van der Waals surface area contributed by atoms with Gasteiger partial charge in [-0.3, -0.25) is 5.32 Å². The molecule has 0 radical (unpaired) electrons. The van der Waals surface area contributed by atoms with E-state index in [1.807, 2.05) is 45.2 Å². The number of hydrogen-bond donors (Lipinski definition) is 1. The molecule has 0 fully saturated rings. The second-order valence-corrected chi connectivity index (χ2v) is 4.85. The zero-order chi connectivity index (χ0) is 14.3. The molecule has 0 amide bonds. The molecule has 1 N–H and O–H groups in total. The molecule has 0 spiro atoms. The maximum atomic E-state index is 9.23. The number of ether oxygens (including phenoxy) is 1. The van der Waals surface area contributed by atoms with Gasteiger partial charge >= 0.3 is 0 Å². The lowest BCUT2D eigenvalue weighted by Crippen LogP contribution is -2.43. The van der Waals surface area contributed by atoms with Crippen LogP contribution in [0.5, 0.6) is 5.75 Å². The molecule has 1 aromatic carbocycles. The first-order valence-corrected chi connectivity index (χ1v) is 6.56. The van der Waals surface area contributed by atoms with E-state index in [4.69, 9.17) is 4.74 Å². The molecular weight excluding hydrogens is 238 g/mol. The summed E-state index contributed by atoms with van der Waals surface area (Å²) in [6, 6.07) is 10.3. The number of rotatable bonds is 7. The molecule has 0 aliphatic carbocycles. The predicted molar refractivity (Wildman–Crippen MR) is 78.6 cm³/mol. The van der Waals surface area contributed by atoms with Crippen LogP contribution in [0.1, 0.15) is 20.3 Å². The summed E-state index contributed by atoms with van der Waals surface area (Å²) in [6.07, 6.45) is 0.769. The molecule has 104 valence electrons. The van der Waals surface area contributed by atoms with Crippen LogP contribution in [0.15, 0.2) is 24.3 Å². The summed E-state index contributed by atoms with van der Waals surface area (Å²) in [7, 11) is 3.69. The van der Waals surface area contributed by atoms with E-state index in [9.17, 15) is 5.26 Å². The van der Waals surface area contributed by atoms with Crippen LogP contribution in [0.4, 0.5) is 5.69 Å². The van der Waals surface area contributed by atoms with Crippen LogP contribution in [0.3, 0.4) is 0 Å². The van der Waals surface area contributed by atoms with Gasteiger partial charge in [-0.05, 0) is 32.0 Å². The fourth-order valence-electron chi connectivity index (χ4n) is 1.94. The van der Waals surface area contributed by atoms with Crippen molar-refractivity contribution < 1.29 is 4.74 Å². The number of hydrogen-bond acceptors (Lipinski definition) is 4. The Bertz CT molecular complexity index is 441. The molecule has 0 saturated heterocycles. The fourth-order valence-corrected chi connectivity index (χ4v) is 1.94. The van der Waals surface area contributed by atoms with Crippen LogP contribution in [0.25, 0.3) is 0 Å². The lowest BCUT2D eigenvalue weighted by molar-refractivity contribution is 0.414. The van der Waals surface area contributed by atoms with Gasteiger partial charge in [0, 0.05) is 25.3 Å². The predicted octanol–water partition coefficient (Wildman–Crippen LogP) is 2.41. The average molecular weight is 261 g/mol. The zero-order valence-electron chi connectivity index (χ0n) is 12.2. The van der Waals surface area contributed by atoms with Crippen molar-refractivity contribution in [2.45, 2.75) is 25.8 Å². The van der Waals surface area contributed by atoms with Gasteiger partial charge in [-0.2, -0.15) is 5.26 Å². The SMILES string of the molecule is CCNC(C)(C#N)CCN(C)c1cccc(OC)c1. The Labute approximate surface area is 116 Å². The number of nitrogens with zero attached hydrogens (tertiary/aromatic N) is 2. The van der Waals surface area contributed by atoms with Crippen molar-refractivity contribution in [2.24, 2.45) is 0 Å². The maximum absolute atomic E-state index is 9.23.